The van der Waals surface area contributed by atoms with Gasteiger partial charge in [-0.25, -0.2) is 0 Å². The second-order valence-corrected chi connectivity index (χ2v) is 6.41. The van der Waals surface area contributed by atoms with Gasteiger partial charge in [0.15, 0.2) is 0 Å². The largest absolute Gasteiger partial charge is 0.416 e. The first-order chi connectivity index (χ1) is 11.8. The Morgan fingerprint density at radius 2 is 1.64 bits per heavy atom. The Labute approximate surface area is 145 Å². The maximum absolute atomic E-state index is 12.6. The smallest absolute Gasteiger partial charge is 0.352 e. The molecule has 0 saturated heterocycles. The van der Waals surface area contributed by atoms with Crippen molar-refractivity contribution in [2.45, 2.75) is 57.7 Å². The molecule has 1 saturated carbocycles. The maximum Gasteiger partial charge on any atom is 0.416 e. The standard InChI is InChI=1S/C18H23F3N2O2/c1-13(24)23(16-10-8-14(9-11-16)18(19,20)21)12-17(25)22-15-6-4-2-3-5-7-15/h8-11,15H,2-7,12H2,1H3,(H,22,25). The number of nitrogens with zero attached hydrogens (tertiary/aromatic N) is 1. The molecule has 1 aliphatic carbocycles. The minimum Gasteiger partial charge on any atom is -0.352 e. The van der Waals surface area contributed by atoms with Crippen LogP contribution in [0.2, 0.25) is 0 Å². The van der Waals surface area contributed by atoms with Crippen molar-refractivity contribution in [1.29, 1.82) is 0 Å². The number of halogens is 3. The molecule has 1 aliphatic rings. The van der Waals surface area contributed by atoms with Gasteiger partial charge in [-0.1, -0.05) is 25.7 Å². The van der Waals surface area contributed by atoms with Gasteiger partial charge in [0, 0.05) is 18.7 Å². The van der Waals surface area contributed by atoms with Crippen molar-refractivity contribution in [2.75, 3.05) is 11.4 Å². The van der Waals surface area contributed by atoms with E-state index in [4.69, 9.17) is 0 Å². The molecule has 1 aromatic carbocycles. The molecule has 0 bridgehead atoms. The third-order valence-corrected chi connectivity index (χ3v) is 4.41. The lowest BCUT2D eigenvalue weighted by Crippen LogP contribution is -2.43. The molecule has 0 radical (unpaired) electrons. The molecule has 0 spiro atoms. The van der Waals surface area contributed by atoms with Gasteiger partial charge in [-0.3, -0.25) is 9.59 Å². The molecule has 25 heavy (non-hydrogen) atoms. The molecule has 2 amide bonds. The lowest BCUT2D eigenvalue weighted by Gasteiger charge is -2.23. The van der Waals surface area contributed by atoms with Gasteiger partial charge in [-0.2, -0.15) is 13.2 Å². The van der Waals surface area contributed by atoms with Crippen LogP contribution in [-0.4, -0.2) is 24.4 Å². The van der Waals surface area contributed by atoms with E-state index in [9.17, 15) is 22.8 Å². The highest BCUT2D eigenvalue weighted by Crippen LogP contribution is 2.30. The average molecular weight is 356 g/mol. The fourth-order valence-corrected chi connectivity index (χ4v) is 3.06. The van der Waals surface area contributed by atoms with Crippen LogP contribution in [0.25, 0.3) is 0 Å². The Kier molecular flexibility index (Phi) is 6.45. The number of benzene rings is 1. The van der Waals surface area contributed by atoms with Crippen LogP contribution in [0.4, 0.5) is 18.9 Å². The van der Waals surface area contributed by atoms with Crippen LogP contribution in [0.5, 0.6) is 0 Å². The van der Waals surface area contributed by atoms with Crippen LogP contribution >= 0.6 is 0 Å². The monoisotopic (exact) mass is 356 g/mol. The van der Waals surface area contributed by atoms with Gasteiger partial charge in [0.05, 0.1) is 5.56 Å². The normalized spacial score (nSPS) is 16.2. The SMILES string of the molecule is CC(=O)N(CC(=O)NC1CCCCCC1)c1ccc(C(F)(F)F)cc1. The second kappa shape index (κ2) is 8.36. The lowest BCUT2D eigenvalue weighted by molar-refractivity contribution is -0.137. The first-order valence-electron chi connectivity index (χ1n) is 8.52. The molecule has 1 N–H and O–H groups in total. The summed E-state index contributed by atoms with van der Waals surface area (Å²) in [6, 6.07) is 4.35. The third kappa shape index (κ3) is 5.76. The molecule has 4 nitrogen and oxygen atoms in total. The molecular formula is C18H23F3N2O2. The number of nitrogens with one attached hydrogen (secondary N) is 1. The molecule has 0 heterocycles. The van der Waals surface area contributed by atoms with Crippen molar-refractivity contribution in [3.05, 3.63) is 29.8 Å². The summed E-state index contributed by atoms with van der Waals surface area (Å²) in [6.45, 7) is 1.09. The molecule has 0 unspecified atom stereocenters. The van der Waals surface area contributed by atoms with Gasteiger partial charge in [0.1, 0.15) is 6.54 Å². The van der Waals surface area contributed by atoms with E-state index < -0.39 is 17.6 Å². The molecule has 7 heteroatoms. The summed E-state index contributed by atoms with van der Waals surface area (Å²) < 4.78 is 37.9. The summed E-state index contributed by atoms with van der Waals surface area (Å²) in [5.74, 6) is -0.683. The van der Waals surface area contributed by atoms with E-state index in [1.807, 2.05) is 0 Å². The quantitative estimate of drug-likeness (QED) is 0.832. The van der Waals surface area contributed by atoms with E-state index in [2.05, 4.69) is 5.32 Å². The van der Waals surface area contributed by atoms with E-state index in [0.29, 0.717) is 0 Å². The predicted octanol–water partition coefficient (Wildman–Crippen LogP) is 3.90. The van der Waals surface area contributed by atoms with Crippen LogP contribution in [0.3, 0.4) is 0 Å². The van der Waals surface area contributed by atoms with Crippen molar-refractivity contribution in [1.82, 2.24) is 5.32 Å². The number of rotatable bonds is 4. The number of anilines is 1. The molecule has 0 aromatic heterocycles. The first kappa shape index (κ1) is 19.3. The van der Waals surface area contributed by atoms with Crippen LogP contribution in [-0.2, 0) is 15.8 Å². The topological polar surface area (TPSA) is 49.4 Å². The maximum atomic E-state index is 12.6. The predicted molar refractivity (Wildman–Crippen MR) is 89.1 cm³/mol. The zero-order valence-corrected chi connectivity index (χ0v) is 14.2. The molecule has 138 valence electrons. The minimum absolute atomic E-state index is 0.108. The van der Waals surface area contributed by atoms with Crippen LogP contribution < -0.4 is 10.2 Å². The minimum atomic E-state index is -4.43. The summed E-state index contributed by atoms with van der Waals surface area (Å²) in [7, 11) is 0. The second-order valence-electron chi connectivity index (χ2n) is 6.41. The highest BCUT2D eigenvalue weighted by molar-refractivity contribution is 5.97. The molecule has 2 rings (SSSR count). The summed E-state index contributed by atoms with van der Waals surface area (Å²) in [5, 5.41) is 2.94. The third-order valence-electron chi connectivity index (χ3n) is 4.41. The van der Waals surface area contributed by atoms with E-state index in [0.717, 1.165) is 50.7 Å². The van der Waals surface area contributed by atoms with E-state index in [-0.39, 0.29) is 24.2 Å². The number of amides is 2. The number of carbonyl (C=O) groups excluding carboxylic acids is 2. The molecule has 1 aromatic rings. The highest BCUT2D eigenvalue weighted by Gasteiger charge is 2.30. The summed E-state index contributed by atoms with van der Waals surface area (Å²) in [5.41, 5.74) is -0.515. The fraction of sp³-hybridized carbons (Fsp3) is 0.556. The van der Waals surface area contributed by atoms with Gasteiger partial charge in [-0.05, 0) is 37.1 Å². The Morgan fingerprint density at radius 1 is 1.08 bits per heavy atom. The number of carbonyl (C=O) groups is 2. The fourth-order valence-electron chi connectivity index (χ4n) is 3.06. The van der Waals surface area contributed by atoms with Gasteiger partial charge in [0.25, 0.3) is 0 Å². The van der Waals surface area contributed by atoms with Crippen molar-refractivity contribution >= 4 is 17.5 Å². The van der Waals surface area contributed by atoms with Gasteiger partial charge >= 0.3 is 6.18 Å². The lowest BCUT2D eigenvalue weighted by atomic mass is 10.1. The van der Waals surface area contributed by atoms with Gasteiger partial charge in [-0.15, -0.1) is 0 Å². The summed E-state index contributed by atoms with van der Waals surface area (Å²) >= 11 is 0. The Hall–Kier alpha value is -2.05. The van der Waals surface area contributed by atoms with Crippen molar-refractivity contribution in [3.63, 3.8) is 0 Å². The summed E-state index contributed by atoms with van der Waals surface area (Å²) in [4.78, 5) is 25.3. The zero-order chi connectivity index (χ0) is 18.4. The van der Waals surface area contributed by atoms with E-state index >= 15 is 0 Å². The van der Waals surface area contributed by atoms with Crippen molar-refractivity contribution in [3.8, 4) is 0 Å². The Balaban J connectivity index is 2.02. The molecular weight excluding hydrogens is 333 g/mol. The number of alkyl halides is 3. The van der Waals surface area contributed by atoms with Crippen molar-refractivity contribution < 1.29 is 22.8 Å². The zero-order valence-electron chi connectivity index (χ0n) is 14.2. The van der Waals surface area contributed by atoms with Crippen LogP contribution in [0.1, 0.15) is 51.0 Å². The van der Waals surface area contributed by atoms with E-state index in [1.54, 1.807) is 0 Å². The van der Waals surface area contributed by atoms with Crippen molar-refractivity contribution in [2.24, 2.45) is 0 Å². The van der Waals surface area contributed by atoms with Gasteiger partial charge in [0.2, 0.25) is 11.8 Å². The first-order valence-corrected chi connectivity index (χ1v) is 8.52. The highest BCUT2D eigenvalue weighted by atomic mass is 19.4. The average Bonchev–Trinajstić information content (AvgIpc) is 2.80. The Bertz CT molecular complexity index is 591. The Morgan fingerprint density at radius 3 is 2.12 bits per heavy atom. The number of hydrogen-bond acceptors (Lipinski definition) is 2. The number of hydrogen-bond donors (Lipinski definition) is 1. The molecule has 1 fully saturated rings. The van der Waals surface area contributed by atoms with Gasteiger partial charge < -0.3 is 10.2 Å². The van der Waals surface area contributed by atoms with Crippen LogP contribution in [0.15, 0.2) is 24.3 Å². The summed E-state index contributed by atoms with van der Waals surface area (Å²) in [6.07, 6.45) is 1.88. The molecule has 0 atom stereocenters. The van der Waals surface area contributed by atoms with E-state index in [1.165, 1.54) is 24.0 Å². The molecule has 0 aliphatic heterocycles. The van der Waals surface area contributed by atoms with Crippen LogP contribution in [0, 0.1) is 0 Å².